The summed E-state index contributed by atoms with van der Waals surface area (Å²) in [5, 5.41) is 0. The van der Waals surface area contributed by atoms with Crippen molar-refractivity contribution < 1.29 is 0 Å². The summed E-state index contributed by atoms with van der Waals surface area (Å²) in [4.78, 5) is 0. The maximum absolute atomic E-state index is 2.26. The van der Waals surface area contributed by atoms with Gasteiger partial charge in [-0.05, 0) is 45.2 Å². The summed E-state index contributed by atoms with van der Waals surface area (Å²) < 4.78 is 0. The van der Waals surface area contributed by atoms with E-state index in [-0.39, 0.29) is 22.3 Å². The van der Waals surface area contributed by atoms with Crippen LogP contribution in [0.2, 0.25) is 0 Å². The van der Waals surface area contributed by atoms with Crippen LogP contribution in [0.25, 0.3) is 0 Å². The summed E-state index contributed by atoms with van der Waals surface area (Å²) in [6, 6.07) is 26.0. The Balaban J connectivity index is -0.000000440. The van der Waals surface area contributed by atoms with Crippen molar-refractivity contribution in [1.82, 2.24) is 0 Å². The average molecular weight is 465 g/mol. The van der Waals surface area contributed by atoms with Gasteiger partial charge in [-0.3, -0.25) is 0 Å². The van der Waals surface area contributed by atoms with Crippen molar-refractivity contribution in [2.45, 2.75) is 109 Å². The predicted molar refractivity (Wildman–Crippen MR) is 160 cm³/mol. The van der Waals surface area contributed by atoms with Gasteiger partial charge >= 0.3 is 0 Å². The molecule has 0 unspecified atom stereocenters. The molecule has 0 aromatic heterocycles. The Bertz CT molecular complexity index is 722. The second kappa shape index (κ2) is 22.5. The lowest BCUT2D eigenvalue weighted by molar-refractivity contribution is 0.624. The van der Waals surface area contributed by atoms with Crippen molar-refractivity contribution >= 4 is 0 Å². The maximum Gasteiger partial charge on any atom is -0.00258 e. The van der Waals surface area contributed by atoms with Crippen molar-refractivity contribution in [2.24, 2.45) is 0 Å². The molecule has 0 saturated heterocycles. The first-order valence-corrected chi connectivity index (χ1v) is 12.1. The first-order valence-electron chi connectivity index (χ1n) is 12.1. The molecule has 0 spiro atoms. The maximum atomic E-state index is 2.26. The molecule has 3 aromatic rings. The van der Waals surface area contributed by atoms with Crippen LogP contribution in [-0.2, 0) is 6.42 Å². The second-order valence-corrected chi connectivity index (χ2v) is 8.72. The third-order valence-corrected chi connectivity index (χ3v) is 5.32. The summed E-state index contributed by atoms with van der Waals surface area (Å²) in [6.07, 6.45) is 9.52. The van der Waals surface area contributed by atoms with Crippen molar-refractivity contribution in [1.29, 1.82) is 0 Å². The fourth-order valence-corrected chi connectivity index (χ4v) is 3.14. The van der Waals surface area contributed by atoms with Crippen molar-refractivity contribution in [3.05, 3.63) is 106 Å². The van der Waals surface area contributed by atoms with Gasteiger partial charge in [0, 0.05) is 0 Å². The number of unbranched alkanes of at least 4 members (excludes halogenated alkanes) is 5. The monoisotopic (exact) mass is 464 g/mol. The molecular formula is C34H56. The van der Waals surface area contributed by atoms with Crippen molar-refractivity contribution in [3.63, 3.8) is 0 Å². The van der Waals surface area contributed by atoms with E-state index in [4.69, 9.17) is 0 Å². The van der Waals surface area contributed by atoms with Crippen LogP contribution in [0.4, 0.5) is 0 Å². The number of hydrogen-bond acceptors (Lipinski definition) is 0. The van der Waals surface area contributed by atoms with Gasteiger partial charge in [0.2, 0.25) is 0 Å². The topological polar surface area (TPSA) is 0 Å². The van der Waals surface area contributed by atoms with Gasteiger partial charge in [0.15, 0.2) is 0 Å². The van der Waals surface area contributed by atoms with Crippen molar-refractivity contribution in [2.75, 3.05) is 0 Å². The molecule has 0 amide bonds. The first kappa shape index (κ1) is 36.2. The average Bonchev–Trinajstić information content (AvgIpc) is 2.77. The summed E-state index contributed by atoms with van der Waals surface area (Å²) in [5.74, 6) is 0. The van der Waals surface area contributed by atoms with Crippen LogP contribution in [0.1, 0.15) is 108 Å². The van der Waals surface area contributed by atoms with E-state index in [1.165, 1.54) is 71.9 Å². The van der Waals surface area contributed by atoms with E-state index in [9.17, 15) is 0 Å². The predicted octanol–water partition coefficient (Wildman–Crippen LogP) is 11.5. The Kier molecular flexibility index (Phi) is 23.9. The van der Waals surface area contributed by atoms with E-state index >= 15 is 0 Å². The van der Waals surface area contributed by atoms with E-state index in [0.717, 1.165) is 6.42 Å². The minimum absolute atomic E-state index is 0. The number of rotatable bonds is 7. The third kappa shape index (κ3) is 18.1. The zero-order chi connectivity index (χ0) is 22.9. The van der Waals surface area contributed by atoms with Crippen LogP contribution in [0.3, 0.4) is 0 Å². The largest absolute Gasteiger partial charge is 0.0776 e. The van der Waals surface area contributed by atoms with E-state index in [1.54, 1.807) is 0 Å². The van der Waals surface area contributed by atoms with E-state index in [1.807, 2.05) is 0 Å². The number of hydrogen-bond donors (Lipinski definition) is 0. The standard InChI is InChI=1S/C15H16.C8H10.C8H18.3CH4/c1-12-3-7-14(8-4-12)11-15-9-5-13(2)6-10-15;1-7-3-5-8(2)6-4-7;1-3-5-7-8-6-4-2;;;/h3-10H,11H2,1-2H3;3-6H,1-2H3;3-8H2,1-2H3;3*1H4. The molecule has 0 atom stereocenters. The van der Waals surface area contributed by atoms with Gasteiger partial charge in [0.25, 0.3) is 0 Å². The zero-order valence-electron chi connectivity index (χ0n) is 20.9. The molecule has 0 heterocycles. The minimum Gasteiger partial charge on any atom is -0.0776 e. The molecule has 0 fully saturated rings. The Labute approximate surface area is 214 Å². The van der Waals surface area contributed by atoms with Gasteiger partial charge in [-0.1, -0.05) is 170 Å². The minimum atomic E-state index is 0. The Morgan fingerprint density at radius 1 is 0.382 bits per heavy atom. The van der Waals surface area contributed by atoms with Gasteiger partial charge in [0.05, 0.1) is 0 Å². The summed E-state index contributed by atoms with van der Waals surface area (Å²) >= 11 is 0. The number of aryl methyl sites for hydroxylation is 4. The van der Waals surface area contributed by atoms with Crippen LogP contribution in [0.15, 0.2) is 72.8 Å². The van der Waals surface area contributed by atoms with Crippen LogP contribution in [-0.4, -0.2) is 0 Å². The molecule has 192 valence electrons. The second-order valence-electron chi connectivity index (χ2n) is 8.72. The Morgan fingerprint density at radius 2 is 0.618 bits per heavy atom. The summed E-state index contributed by atoms with van der Waals surface area (Å²) in [5.41, 5.74) is 8.06. The Hall–Kier alpha value is -2.34. The fourth-order valence-electron chi connectivity index (χ4n) is 3.14. The van der Waals surface area contributed by atoms with E-state index < -0.39 is 0 Å². The van der Waals surface area contributed by atoms with Gasteiger partial charge in [-0.2, -0.15) is 0 Å². The molecule has 0 saturated carbocycles. The molecule has 34 heavy (non-hydrogen) atoms. The lowest BCUT2D eigenvalue weighted by Crippen LogP contribution is -1.88. The molecule has 0 nitrogen and oxygen atoms in total. The summed E-state index contributed by atoms with van der Waals surface area (Å²) in [7, 11) is 0. The molecular weight excluding hydrogens is 408 g/mol. The first-order chi connectivity index (χ1) is 14.9. The van der Waals surface area contributed by atoms with Crippen LogP contribution in [0, 0.1) is 27.7 Å². The Morgan fingerprint density at radius 3 is 0.853 bits per heavy atom. The molecule has 3 rings (SSSR count). The molecule has 0 aliphatic rings. The van der Waals surface area contributed by atoms with E-state index in [2.05, 4.69) is 114 Å². The lowest BCUT2D eigenvalue weighted by atomic mass is 10.0. The highest BCUT2D eigenvalue weighted by Crippen LogP contribution is 2.11. The van der Waals surface area contributed by atoms with Gasteiger partial charge in [-0.25, -0.2) is 0 Å². The molecule has 0 aliphatic heterocycles. The van der Waals surface area contributed by atoms with Crippen LogP contribution in [0.5, 0.6) is 0 Å². The number of benzene rings is 3. The molecule has 3 aromatic carbocycles. The van der Waals surface area contributed by atoms with Crippen LogP contribution >= 0.6 is 0 Å². The quantitative estimate of drug-likeness (QED) is 0.305. The van der Waals surface area contributed by atoms with Gasteiger partial charge in [-0.15, -0.1) is 0 Å². The highest BCUT2D eigenvalue weighted by atomic mass is 14.0. The molecule has 0 N–H and O–H groups in total. The summed E-state index contributed by atoms with van der Waals surface area (Å²) in [6.45, 7) is 12.9. The zero-order valence-corrected chi connectivity index (χ0v) is 20.9. The highest BCUT2D eigenvalue weighted by Gasteiger charge is 1.95. The molecule has 0 radical (unpaired) electrons. The third-order valence-electron chi connectivity index (χ3n) is 5.32. The lowest BCUT2D eigenvalue weighted by Gasteiger charge is -2.03. The molecule has 0 bridgehead atoms. The van der Waals surface area contributed by atoms with E-state index in [0.29, 0.717) is 0 Å². The highest BCUT2D eigenvalue weighted by molar-refractivity contribution is 5.29. The van der Waals surface area contributed by atoms with Gasteiger partial charge < -0.3 is 0 Å². The molecule has 0 heteroatoms. The van der Waals surface area contributed by atoms with Crippen molar-refractivity contribution in [3.8, 4) is 0 Å². The van der Waals surface area contributed by atoms with Gasteiger partial charge in [0.1, 0.15) is 0 Å². The molecule has 0 aliphatic carbocycles. The fraction of sp³-hybridized carbons (Fsp3) is 0.471. The van der Waals surface area contributed by atoms with Crippen LogP contribution < -0.4 is 0 Å². The smallest absolute Gasteiger partial charge is 0.00258 e. The normalized spacial score (nSPS) is 9.00. The SMILES string of the molecule is C.C.C.CCCCCCCC.Cc1ccc(C)cc1.Cc1ccc(Cc2ccc(C)cc2)cc1.